The van der Waals surface area contributed by atoms with Crippen molar-refractivity contribution in [3.8, 4) is 0 Å². The Labute approximate surface area is 157 Å². The summed E-state index contributed by atoms with van der Waals surface area (Å²) in [5.74, 6) is -0.445. The molecule has 138 valence electrons. The van der Waals surface area contributed by atoms with Crippen LogP contribution in [0.15, 0.2) is 35.2 Å². The maximum Gasteiger partial charge on any atom is 0.252 e. The number of benzene rings is 1. The average Bonchev–Trinajstić information content (AvgIpc) is 2.94. The van der Waals surface area contributed by atoms with E-state index in [1.165, 1.54) is 11.8 Å². The molecule has 1 aromatic carbocycles. The van der Waals surface area contributed by atoms with Gasteiger partial charge in [-0.2, -0.15) is 5.10 Å². The highest BCUT2D eigenvalue weighted by atomic mass is 32.2. The lowest BCUT2D eigenvalue weighted by molar-refractivity contribution is -0.131. The summed E-state index contributed by atoms with van der Waals surface area (Å²) in [5.41, 5.74) is 2.94. The molecule has 0 radical (unpaired) electrons. The quantitative estimate of drug-likeness (QED) is 0.647. The van der Waals surface area contributed by atoms with Gasteiger partial charge in [0.05, 0.1) is 11.4 Å². The van der Waals surface area contributed by atoms with Gasteiger partial charge in [-0.15, -0.1) is 0 Å². The van der Waals surface area contributed by atoms with Crippen LogP contribution in [0.1, 0.15) is 24.7 Å². The summed E-state index contributed by atoms with van der Waals surface area (Å²) in [7, 11) is 1.72. The first-order chi connectivity index (χ1) is 12.3. The Hall–Kier alpha value is -2.28. The first-order valence-corrected chi connectivity index (χ1v) is 9.50. The number of aromatic nitrogens is 2. The van der Waals surface area contributed by atoms with Gasteiger partial charge in [0.25, 0.3) is 5.91 Å². The molecule has 6 nitrogen and oxygen atoms in total. The minimum Gasteiger partial charge on any atom is -0.354 e. The van der Waals surface area contributed by atoms with E-state index in [9.17, 15) is 9.59 Å². The topological polar surface area (TPSA) is 67.2 Å². The van der Waals surface area contributed by atoms with E-state index in [4.69, 9.17) is 0 Å². The SMILES string of the molecule is Cc1cc(C)n(CCCNC(=O)C2(C)Sc3ccccc3N(C)C2=O)n1. The molecule has 0 saturated heterocycles. The van der Waals surface area contributed by atoms with Crippen LogP contribution in [0.5, 0.6) is 0 Å². The van der Waals surface area contributed by atoms with E-state index in [0.717, 1.165) is 34.9 Å². The molecular weight excluding hydrogens is 348 g/mol. The Morgan fingerprint density at radius 1 is 1.31 bits per heavy atom. The summed E-state index contributed by atoms with van der Waals surface area (Å²) >= 11 is 1.32. The number of fused-ring (bicyclic) bond motifs is 1. The molecule has 2 amide bonds. The first-order valence-electron chi connectivity index (χ1n) is 8.68. The summed E-state index contributed by atoms with van der Waals surface area (Å²) in [4.78, 5) is 28.1. The maximum absolute atomic E-state index is 12.8. The monoisotopic (exact) mass is 372 g/mol. The highest BCUT2D eigenvalue weighted by Crippen LogP contribution is 2.44. The third-order valence-electron chi connectivity index (χ3n) is 4.62. The van der Waals surface area contributed by atoms with Crippen LogP contribution in [0.25, 0.3) is 0 Å². The van der Waals surface area contributed by atoms with Gasteiger partial charge < -0.3 is 10.2 Å². The highest BCUT2D eigenvalue weighted by Gasteiger charge is 2.48. The van der Waals surface area contributed by atoms with Gasteiger partial charge in [-0.05, 0) is 45.4 Å². The van der Waals surface area contributed by atoms with E-state index in [2.05, 4.69) is 10.4 Å². The zero-order valence-electron chi connectivity index (χ0n) is 15.6. The van der Waals surface area contributed by atoms with E-state index in [1.54, 1.807) is 18.9 Å². The molecule has 0 fully saturated rings. The molecule has 3 rings (SSSR count). The Morgan fingerprint density at radius 3 is 2.73 bits per heavy atom. The van der Waals surface area contributed by atoms with Crippen molar-refractivity contribution < 1.29 is 9.59 Å². The largest absolute Gasteiger partial charge is 0.354 e. The first kappa shape index (κ1) is 18.5. The number of nitrogens with zero attached hydrogens (tertiary/aromatic N) is 3. The van der Waals surface area contributed by atoms with Gasteiger partial charge in [-0.3, -0.25) is 14.3 Å². The number of nitrogens with one attached hydrogen (secondary N) is 1. The molecule has 2 aromatic rings. The molecule has 1 aliphatic heterocycles. The molecule has 7 heteroatoms. The Morgan fingerprint density at radius 2 is 2.04 bits per heavy atom. The summed E-state index contributed by atoms with van der Waals surface area (Å²) < 4.78 is 0.787. The van der Waals surface area contributed by atoms with Crippen molar-refractivity contribution >= 4 is 29.3 Å². The van der Waals surface area contributed by atoms with Crippen LogP contribution in [0.3, 0.4) is 0 Å². The van der Waals surface area contributed by atoms with Crippen LogP contribution in [0.2, 0.25) is 0 Å². The van der Waals surface area contributed by atoms with Crippen LogP contribution < -0.4 is 10.2 Å². The fourth-order valence-electron chi connectivity index (χ4n) is 3.16. The smallest absolute Gasteiger partial charge is 0.252 e. The number of amides is 2. The fourth-order valence-corrected chi connectivity index (χ4v) is 4.44. The highest BCUT2D eigenvalue weighted by molar-refractivity contribution is 8.02. The van der Waals surface area contributed by atoms with E-state index in [1.807, 2.05) is 48.9 Å². The van der Waals surface area contributed by atoms with Crippen LogP contribution in [-0.2, 0) is 16.1 Å². The summed E-state index contributed by atoms with van der Waals surface area (Å²) in [6, 6.07) is 9.68. The molecule has 26 heavy (non-hydrogen) atoms. The third-order valence-corrected chi connectivity index (χ3v) is 5.96. The minimum absolute atomic E-state index is 0.197. The summed E-state index contributed by atoms with van der Waals surface area (Å²) in [6.45, 7) is 6.92. The average molecular weight is 372 g/mol. The van der Waals surface area contributed by atoms with Crippen molar-refractivity contribution in [1.82, 2.24) is 15.1 Å². The number of anilines is 1. The van der Waals surface area contributed by atoms with Gasteiger partial charge >= 0.3 is 0 Å². The standard InChI is InChI=1S/C19H24N4O2S/c1-13-12-14(2)23(21-13)11-7-10-20-17(24)19(3)18(25)22(4)15-8-5-6-9-16(15)26-19/h5-6,8-9,12H,7,10-11H2,1-4H3,(H,20,24). The van der Waals surface area contributed by atoms with Crippen LogP contribution in [0.4, 0.5) is 5.69 Å². The zero-order chi connectivity index (χ0) is 18.9. The number of rotatable bonds is 5. The zero-order valence-corrected chi connectivity index (χ0v) is 16.4. The number of carbonyl (C=O) groups is 2. The molecule has 1 N–H and O–H groups in total. The molecule has 0 aliphatic carbocycles. The number of hydrogen-bond acceptors (Lipinski definition) is 4. The van der Waals surface area contributed by atoms with E-state index in [0.29, 0.717) is 6.54 Å². The number of para-hydroxylation sites is 1. The van der Waals surface area contributed by atoms with Gasteiger partial charge in [0.15, 0.2) is 4.75 Å². The van der Waals surface area contributed by atoms with Gasteiger partial charge in [0.1, 0.15) is 0 Å². The van der Waals surface area contributed by atoms with Gasteiger partial charge in [-0.1, -0.05) is 23.9 Å². The molecule has 1 atom stereocenters. The van der Waals surface area contributed by atoms with Gasteiger partial charge in [-0.25, -0.2) is 0 Å². The lowest BCUT2D eigenvalue weighted by atomic mass is 10.1. The maximum atomic E-state index is 12.8. The van der Waals surface area contributed by atoms with E-state index in [-0.39, 0.29) is 11.8 Å². The minimum atomic E-state index is -1.15. The van der Waals surface area contributed by atoms with Crippen molar-refractivity contribution in [3.63, 3.8) is 0 Å². The lowest BCUT2D eigenvalue weighted by Crippen LogP contribution is -2.55. The van der Waals surface area contributed by atoms with Crippen molar-refractivity contribution in [3.05, 3.63) is 41.7 Å². The fraction of sp³-hybridized carbons (Fsp3) is 0.421. The van der Waals surface area contributed by atoms with Crippen molar-refractivity contribution in [1.29, 1.82) is 0 Å². The molecule has 0 spiro atoms. The molecule has 0 bridgehead atoms. The molecule has 0 saturated carbocycles. The van der Waals surface area contributed by atoms with E-state index < -0.39 is 4.75 Å². The molecule has 1 aromatic heterocycles. The van der Waals surface area contributed by atoms with E-state index >= 15 is 0 Å². The van der Waals surface area contributed by atoms with Gasteiger partial charge in [0.2, 0.25) is 5.91 Å². The van der Waals surface area contributed by atoms with Crippen LogP contribution >= 0.6 is 11.8 Å². The molecule has 1 aliphatic rings. The Bertz CT molecular complexity index is 848. The Kier molecular flexibility index (Phi) is 5.09. The molecular formula is C19H24N4O2S. The normalized spacial score (nSPS) is 19.4. The number of aryl methyl sites for hydroxylation is 3. The molecule has 2 heterocycles. The van der Waals surface area contributed by atoms with Crippen LogP contribution in [0, 0.1) is 13.8 Å². The molecule has 1 unspecified atom stereocenters. The summed E-state index contributed by atoms with van der Waals surface area (Å²) in [5, 5.41) is 7.34. The third kappa shape index (κ3) is 3.35. The number of carbonyl (C=O) groups excluding carboxylic acids is 2. The van der Waals surface area contributed by atoms with Crippen molar-refractivity contribution in [2.24, 2.45) is 0 Å². The van der Waals surface area contributed by atoms with Crippen molar-refractivity contribution in [2.75, 3.05) is 18.5 Å². The van der Waals surface area contributed by atoms with Crippen LogP contribution in [-0.4, -0.2) is 39.9 Å². The predicted octanol–water partition coefficient (Wildman–Crippen LogP) is 2.53. The van der Waals surface area contributed by atoms with Gasteiger partial charge in [0, 0.05) is 30.7 Å². The predicted molar refractivity (Wildman–Crippen MR) is 103 cm³/mol. The second-order valence-electron chi connectivity index (χ2n) is 6.73. The summed E-state index contributed by atoms with van der Waals surface area (Å²) in [6.07, 6.45) is 0.759. The lowest BCUT2D eigenvalue weighted by Gasteiger charge is -2.36. The number of thioether (sulfide) groups is 1. The van der Waals surface area contributed by atoms with Crippen molar-refractivity contribution in [2.45, 2.75) is 43.4 Å². The number of hydrogen-bond donors (Lipinski definition) is 1. The Balaban J connectivity index is 1.62. The second-order valence-corrected chi connectivity index (χ2v) is 8.19. The second kappa shape index (κ2) is 7.15.